The molecule has 1 aromatic heterocycles. The highest BCUT2D eigenvalue weighted by Crippen LogP contribution is 2.38. The van der Waals surface area contributed by atoms with Gasteiger partial charge in [0.25, 0.3) is 11.8 Å². The molecule has 2 N–H and O–H groups in total. The van der Waals surface area contributed by atoms with Gasteiger partial charge in [0.05, 0.1) is 16.6 Å². The SMILES string of the molecule is Cc1c2c(c(CNC(=O)CCN(C)C)c3c1[nH]c1ccccc13)C(=O)N(C)C2=O. The normalized spacial score (nSPS) is 13.8. The zero-order valence-corrected chi connectivity index (χ0v) is 17.0. The van der Waals surface area contributed by atoms with E-state index in [-0.39, 0.29) is 24.3 Å². The Morgan fingerprint density at radius 3 is 2.55 bits per heavy atom. The minimum Gasteiger partial charge on any atom is -0.354 e. The zero-order chi connectivity index (χ0) is 20.9. The van der Waals surface area contributed by atoms with Gasteiger partial charge < -0.3 is 15.2 Å². The first-order valence-corrected chi connectivity index (χ1v) is 9.61. The lowest BCUT2D eigenvalue weighted by molar-refractivity contribution is -0.121. The molecular weight excluding hydrogens is 368 g/mol. The first kappa shape index (κ1) is 19.1. The van der Waals surface area contributed by atoms with Gasteiger partial charge in [0, 0.05) is 42.8 Å². The van der Waals surface area contributed by atoms with Crippen LogP contribution in [0, 0.1) is 6.92 Å². The van der Waals surface area contributed by atoms with Gasteiger partial charge in [-0.2, -0.15) is 0 Å². The number of aromatic nitrogens is 1. The van der Waals surface area contributed by atoms with Gasteiger partial charge in [-0.25, -0.2) is 0 Å². The molecule has 1 aliphatic heterocycles. The molecule has 29 heavy (non-hydrogen) atoms. The molecular formula is C22H24N4O3. The van der Waals surface area contributed by atoms with Crippen LogP contribution < -0.4 is 5.32 Å². The maximum Gasteiger partial charge on any atom is 0.261 e. The first-order valence-electron chi connectivity index (χ1n) is 9.61. The van der Waals surface area contributed by atoms with Gasteiger partial charge in [-0.1, -0.05) is 18.2 Å². The van der Waals surface area contributed by atoms with Crippen LogP contribution in [0.5, 0.6) is 0 Å². The van der Waals surface area contributed by atoms with Crippen LogP contribution in [0.2, 0.25) is 0 Å². The van der Waals surface area contributed by atoms with Crippen molar-refractivity contribution in [3.63, 3.8) is 0 Å². The molecule has 0 spiro atoms. The first-order chi connectivity index (χ1) is 13.8. The third-order valence-electron chi connectivity index (χ3n) is 5.60. The number of benzene rings is 2. The van der Waals surface area contributed by atoms with E-state index < -0.39 is 0 Å². The maximum atomic E-state index is 12.9. The molecule has 0 atom stereocenters. The molecule has 0 saturated carbocycles. The molecule has 7 nitrogen and oxygen atoms in total. The smallest absolute Gasteiger partial charge is 0.261 e. The highest BCUT2D eigenvalue weighted by Gasteiger charge is 2.38. The Labute approximate surface area is 168 Å². The number of hydrogen-bond donors (Lipinski definition) is 2. The van der Waals surface area contributed by atoms with Crippen molar-refractivity contribution in [2.75, 3.05) is 27.7 Å². The topological polar surface area (TPSA) is 85.5 Å². The summed E-state index contributed by atoms with van der Waals surface area (Å²) in [6.07, 6.45) is 0.366. The number of imide groups is 1. The quantitative estimate of drug-likeness (QED) is 0.653. The molecule has 2 aromatic carbocycles. The fraction of sp³-hybridized carbons (Fsp3) is 0.318. The second-order valence-electron chi connectivity index (χ2n) is 7.77. The van der Waals surface area contributed by atoms with Crippen LogP contribution in [0.4, 0.5) is 0 Å². The predicted octanol–water partition coefficient (Wildman–Crippen LogP) is 2.42. The summed E-state index contributed by atoms with van der Waals surface area (Å²) in [5.41, 5.74) is 4.05. The zero-order valence-electron chi connectivity index (χ0n) is 17.0. The van der Waals surface area contributed by atoms with Crippen molar-refractivity contribution in [2.45, 2.75) is 19.9 Å². The van der Waals surface area contributed by atoms with Gasteiger partial charge in [-0.15, -0.1) is 0 Å². The van der Waals surface area contributed by atoms with Gasteiger partial charge in [0.15, 0.2) is 0 Å². The number of aryl methyl sites for hydroxylation is 1. The second-order valence-corrected chi connectivity index (χ2v) is 7.77. The predicted molar refractivity (Wildman–Crippen MR) is 112 cm³/mol. The number of nitrogens with one attached hydrogen (secondary N) is 2. The van der Waals surface area contributed by atoms with Gasteiger partial charge in [-0.3, -0.25) is 19.3 Å². The van der Waals surface area contributed by atoms with E-state index in [1.54, 1.807) is 0 Å². The van der Waals surface area contributed by atoms with Crippen molar-refractivity contribution in [1.29, 1.82) is 0 Å². The number of hydrogen-bond acceptors (Lipinski definition) is 4. The Morgan fingerprint density at radius 2 is 1.83 bits per heavy atom. The summed E-state index contributed by atoms with van der Waals surface area (Å²) >= 11 is 0. The lowest BCUT2D eigenvalue weighted by Crippen LogP contribution is -2.28. The number of carbonyl (C=O) groups is 3. The summed E-state index contributed by atoms with van der Waals surface area (Å²) in [4.78, 5) is 44.5. The molecule has 3 amide bonds. The highest BCUT2D eigenvalue weighted by atomic mass is 16.2. The van der Waals surface area contributed by atoms with Crippen LogP contribution in [-0.4, -0.2) is 60.2 Å². The molecule has 2 heterocycles. The summed E-state index contributed by atoms with van der Waals surface area (Å²) in [7, 11) is 5.32. The largest absolute Gasteiger partial charge is 0.354 e. The van der Waals surface area contributed by atoms with E-state index >= 15 is 0 Å². The van der Waals surface area contributed by atoms with Crippen molar-refractivity contribution in [3.05, 3.63) is 46.5 Å². The molecule has 1 aliphatic rings. The van der Waals surface area contributed by atoms with Crippen molar-refractivity contribution in [2.24, 2.45) is 0 Å². The Kier molecular flexibility index (Phi) is 4.62. The Balaban J connectivity index is 1.89. The summed E-state index contributed by atoms with van der Waals surface area (Å²) in [6.45, 7) is 2.70. The summed E-state index contributed by atoms with van der Waals surface area (Å²) in [6, 6.07) is 7.83. The molecule has 150 valence electrons. The van der Waals surface area contributed by atoms with Crippen LogP contribution in [0.15, 0.2) is 24.3 Å². The summed E-state index contributed by atoms with van der Waals surface area (Å²) in [5, 5.41) is 4.80. The number of nitrogens with zero attached hydrogens (tertiary/aromatic N) is 2. The Morgan fingerprint density at radius 1 is 1.14 bits per heavy atom. The summed E-state index contributed by atoms with van der Waals surface area (Å²) < 4.78 is 0. The fourth-order valence-corrected chi connectivity index (χ4v) is 4.03. The van der Waals surface area contributed by atoms with E-state index in [1.165, 1.54) is 7.05 Å². The number of carbonyl (C=O) groups excluding carboxylic acids is 3. The molecule has 3 aromatic rings. The minimum absolute atomic E-state index is 0.0915. The Hall–Kier alpha value is -3.19. The molecule has 0 unspecified atom stereocenters. The number of rotatable bonds is 5. The van der Waals surface area contributed by atoms with E-state index in [0.717, 1.165) is 32.3 Å². The molecule has 0 radical (unpaired) electrons. The van der Waals surface area contributed by atoms with Crippen LogP contribution in [0.1, 0.15) is 38.3 Å². The van der Waals surface area contributed by atoms with Gasteiger partial charge in [0.1, 0.15) is 0 Å². The standard InChI is InChI=1S/C22H24N4O3/c1-12-17-19(22(29)26(4)21(17)28)14(11-23-16(27)9-10-25(2)3)18-13-7-5-6-8-15(13)24-20(12)18/h5-8,24H,9-11H2,1-4H3,(H,23,27). The molecule has 0 saturated heterocycles. The van der Waals surface area contributed by atoms with Crippen LogP contribution in [0.25, 0.3) is 21.8 Å². The molecule has 0 bridgehead atoms. The van der Waals surface area contributed by atoms with Gasteiger partial charge in [-0.05, 0) is 38.2 Å². The lowest BCUT2D eigenvalue weighted by atomic mass is 9.92. The average Bonchev–Trinajstić information content (AvgIpc) is 3.19. The lowest BCUT2D eigenvalue weighted by Gasteiger charge is -2.14. The van der Waals surface area contributed by atoms with E-state index in [0.29, 0.717) is 29.7 Å². The van der Waals surface area contributed by atoms with Gasteiger partial charge in [0.2, 0.25) is 5.91 Å². The maximum absolute atomic E-state index is 12.9. The fourth-order valence-electron chi connectivity index (χ4n) is 4.03. The number of amides is 3. The highest BCUT2D eigenvalue weighted by molar-refractivity contribution is 6.27. The van der Waals surface area contributed by atoms with E-state index in [4.69, 9.17) is 0 Å². The molecule has 4 rings (SSSR count). The Bertz CT molecular complexity index is 1180. The number of H-pyrrole nitrogens is 1. The second kappa shape index (κ2) is 7.00. The van der Waals surface area contributed by atoms with Crippen molar-refractivity contribution in [3.8, 4) is 0 Å². The van der Waals surface area contributed by atoms with Crippen LogP contribution in [0.3, 0.4) is 0 Å². The molecule has 7 heteroatoms. The third-order valence-corrected chi connectivity index (χ3v) is 5.60. The number of fused-ring (bicyclic) bond motifs is 4. The van der Waals surface area contributed by atoms with Crippen molar-refractivity contribution < 1.29 is 14.4 Å². The van der Waals surface area contributed by atoms with Gasteiger partial charge >= 0.3 is 0 Å². The van der Waals surface area contributed by atoms with Crippen molar-refractivity contribution >= 4 is 39.5 Å². The number of aromatic amines is 1. The van der Waals surface area contributed by atoms with E-state index in [9.17, 15) is 14.4 Å². The molecule has 0 aliphatic carbocycles. The van der Waals surface area contributed by atoms with Crippen LogP contribution >= 0.6 is 0 Å². The monoisotopic (exact) mass is 392 g/mol. The molecule has 0 fully saturated rings. The van der Waals surface area contributed by atoms with Crippen LogP contribution in [-0.2, 0) is 11.3 Å². The third kappa shape index (κ3) is 2.98. The number of para-hydroxylation sites is 1. The van der Waals surface area contributed by atoms with Crippen molar-refractivity contribution in [1.82, 2.24) is 20.1 Å². The minimum atomic E-state index is -0.321. The van der Waals surface area contributed by atoms with E-state index in [2.05, 4.69) is 10.3 Å². The van der Waals surface area contributed by atoms with E-state index in [1.807, 2.05) is 50.2 Å². The average molecular weight is 392 g/mol. The summed E-state index contributed by atoms with van der Waals surface area (Å²) in [5.74, 6) is -0.716.